The Hall–Kier alpha value is -3.26. The van der Waals surface area contributed by atoms with Gasteiger partial charge in [0.2, 0.25) is 17.6 Å². The van der Waals surface area contributed by atoms with Crippen molar-refractivity contribution in [3.8, 4) is 28.6 Å². The summed E-state index contributed by atoms with van der Waals surface area (Å²) < 4.78 is 21.6. The van der Waals surface area contributed by atoms with Crippen molar-refractivity contribution in [2.24, 2.45) is 0 Å². The molecule has 1 atom stereocenters. The van der Waals surface area contributed by atoms with Crippen molar-refractivity contribution >= 4 is 23.2 Å². The van der Waals surface area contributed by atoms with Gasteiger partial charge in [0, 0.05) is 24.2 Å². The zero-order valence-corrected chi connectivity index (χ0v) is 18.2. The van der Waals surface area contributed by atoms with E-state index in [1.807, 2.05) is 19.1 Å². The van der Waals surface area contributed by atoms with Crippen LogP contribution >= 0.6 is 11.6 Å². The largest absolute Gasteiger partial charge is 0.495 e. The van der Waals surface area contributed by atoms with Crippen molar-refractivity contribution < 1.29 is 23.5 Å². The first-order chi connectivity index (χ1) is 15.0. The van der Waals surface area contributed by atoms with E-state index >= 15 is 0 Å². The van der Waals surface area contributed by atoms with E-state index in [9.17, 15) is 4.79 Å². The summed E-state index contributed by atoms with van der Waals surface area (Å²) in [5.41, 5.74) is 1.44. The molecule has 1 aliphatic heterocycles. The SMILES string of the molecule is CCOc1ccc(-c2noc(C3CC(=O)N(c4ccc(OC)c(Cl)c4)C3)n2)cc1OC. The number of carbonyl (C=O) groups is 1. The number of ether oxygens (including phenoxy) is 3. The molecule has 0 N–H and O–H groups in total. The highest BCUT2D eigenvalue weighted by Gasteiger charge is 2.35. The minimum atomic E-state index is -0.209. The van der Waals surface area contributed by atoms with Crippen LogP contribution in [0.5, 0.6) is 17.2 Å². The van der Waals surface area contributed by atoms with Crippen LogP contribution < -0.4 is 19.1 Å². The molecule has 0 bridgehead atoms. The van der Waals surface area contributed by atoms with Crippen molar-refractivity contribution in [2.75, 3.05) is 32.3 Å². The molecule has 0 spiro atoms. The summed E-state index contributed by atoms with van der Waals surface area (Å²) >= 11 is 6.21. The summed E-state index contributed by atoms with van der Waals surface area (Å²) in [7, 11) is 3.12. The van der Waals surface area contributed by atoms with E-state index in [0.29, 0.717) is 52.8 Å². The highest BCUT2D eigenvalue weighted by atomic mass is 35.5. The number of hydrogen-bond acceptors (Lipinski definition) is 7. The van der Waals surface area contributed by atoms with Crippen molar-refractivity contribution in [3.63, 3.8) is 0 Å². The molecule has 1 amide bonds. The molecule has 4 rings (SSSR count). The van der Waals surface area contributed by atoms with Crippen LogP contribution in [0, 0.1) is 0 Å². The van der Waals surface area contributed by atoms with E-state index in [4.69, 9.17) is 30.3 Å². The topological polar surface area (TPSA) is 86.9 Å². The fourth-order valence-electron chi connectivity index (χ4n) is 3.55. The number of rotatable bonds is 7. The first-order valence-corrected chi connectivity index (χ1v) is 10.2. The van der Waals surface area contributed by atoms with Crippen LogP contribution in [-0.2, 0) is 4.79 Å². The van der Waals surface area contributed by atoms with Crippen LogP contribution in [0.3, 0.4) is 0 Å². The Morgan fingerprint density at radius 3 is 2.61 bits per heavy atom. The van der Waals surface area contributed by atoms with Gasteiger partial charge in [-0.2, -0.15) is 4.98 Å². The molecule has 2 heterocycles. The number of aromatic nitrogens is 2. The lowest BCUT2D eigenvalue weighted by Crippen LogP contribution is -2.24. The van der Waals surface area contributed by atoms with Crippen molar-refractivity contribution in [2.45, 2.75) is 19.3 Å². The number of benzene rings is 2. The molecule has 2 aromatic carbocycles. The van der Waals surface area contributed by atoms with Gasteiger partial charge in [0.25, 0.3) is 0 Å². The molecule has 1 saturated heterocycles. The Labute approximate surface area is 184 Å². The van der Waals surface area contributed by atoms with Crippen LogP contribution in [0.15, 0.2) is 40.9 Å². The molecular weight excluding hydrogens is 422 g/mol. The number of nitrogens with zero attached hydrogens (tertiary/aromatic N) is 3. The summed E-state index contributed by atoms with van der Waals surface area (Å²) in [5, 5.41) is 4.54. The second kappa shape index (κ2) is 8.85. The van der Waals surface area contributed by atoms with Gasteiger partial charge < -0.3 is 23.6 Å². The molecule has 162 valence electrons. The second-order valence-corrected chi connectivity index (χ2v) is 7.39. The predicted molar refractivity (Wildman–Crippen MR) is 115 cm³/mol. The molecule has 0 aliphatic carbocycles. The normalized spacial score (nSPS) is 15.9. The predicted octanol–water partition coefficient (Wildman–Crippen LogP) is 4.33. The van der Waals surface area contributed by atoms with Crippen LogP contribution in [0.2, 0.25) is 5.02 Å². The third kappa shape index (κ3) is 4.16. The monoisotopic (exact) mass is 443 g/mol. The van der Waals surface area contributed by atoms with Gasteiger partial charge in [-0.1, -0.05) is 16.8 Å². The van der Waals surface area contributed by atoms with E-state index < -0.39 is 0 Å². The van der Waals surface area contributed by atoms with Gasteiger partial charge >= 0.3 is 0 Å². The minimum Gasteiger partial charge on any atom is -0.495 e. The summed E-state index contributed by atoms with van der Waals surface area (Å²) in [6.45, 7) is 2.87. The Bertz CT molecular complexity index is 1100. The molecule has 0 radical (unpaired) electrons. The van der Waals surface area contributed by atoms with Crippen LogP contribution in [0.4, 0.5) is 5.69 Å². The van der Waals surface area contributed by atoms with E-state index in [1.165, 1.54) is 0 Å². The summed E-state index contributed by atoms with van der Waals surface area (Å²) in [6, 6.07) is 10.7. The fourth-order valence-corrected chi connectivity index (χ4v) is 3.80. The lowest BCUT2D eigenvalue weighted by molar-refractivity contribution is -0.117. The van der Waals surface area contributed by atoms with Crippen LogP contribution in [0.25, 0.3) is 11.4 Å². The third-order valence-electron chi connectivity index (χ3n) is 5.08. The van der Waals surface area contributed by atoms with Gasteiger partial charge in [-0.05, 0) is 43.3 Å². The number of methoxy groups -OCH3 is 2. The molecule has 1 fully saturated rings. The van der Waals surface area contributed by atoms with Gasteiger partial charge in [-0.25, -0.2) is 0 Å². The molecule has 1 aliphatic rings. The van der Waals surface area contributed by atoms with Crippen molar-refractivity contribution in [3.05, 3.63) is 47.3 Å². The third-order valence-corrected chi connectivity index (χ3v) is 5.38. The molecule has 1 aromatic heterocycles. The van der Waals surface area contributed by atoms with E-state index in [1.54, 1.807) is 43.4 Å². The van der Waals surface area contributed by atoms with Crippen LogP contribution in [0.1, 0.15) is 25.2 Å². The Kier molecular flexibility index (Phi) is 5.99. The number of hydrogen-bond donors (Lipinski definition) is 0. The number of halogens is 1. The summed E-state index contributed by atoms with van der Waals surface area (Å²) in [4.78, 5) is 18.8. The second-order valence-electron chi connectivity index (χ2n) is 6.98. The van der Waals surface area contributed by atoms with Crippen molar-refractivity contribution in [1.82, 2.24) is 10.1 Å². The standard InChI is InChI=1S/C22H22ClN3O5/c1-4-30-18-7-5-13(9-19(18)29-3)21-24-22(31-25-21)14-10-20(27)26(12-14)15-6-8-17(28-2)16(23)11-15/h5-9,11,14H,4,10,12H2,1-3H3. The summed E-state index contributed by atoms with van der Waals surface area (Å²) in [5.74, 6) is 2.39. The highest BCUT2D eigenvalue weighted by molar-refractivity contribution is 6.32. The lowest BCUT2D eigenvalue weighted by atomic mass is 10.1. The first-order valence-electron chi connectivity index (χ1n) is 9.82. The van der Waals surface area contributed by atoms with Crippen LogP contribution in [-0.4, -0.2) is 43.4 Å². The van der Waals surface area contributed by atoms with E-state index in [2.05, 4.69) is 10.1 Å². The van der Waals surface area contributed by atoms with Gasteiger partial charge in [0.15, 0.2) is 11.5 Å². The maximum absolute atomic E-state index is 12.6. The molecule has 1 unspecified atom stereocenters. The quantitative estimate of drug-likeness (QED) is 0.537. The first kappa shape index (κ1) is 21.0. The molecule has 3 aromatic rings. The maximum Gasteiger partial charge on any atom is 0.232 e. The van der Waals surface area contributed by atoms with Crippen molar-refractivity contribution in [1.29, 1.82) is 0 Å². The van der Waals surface area contributed by atoms with E-state index in [-0.39, 0.29) is 18.2 Å². The van der Waals surface area contributed by atoms with Gasteiger partial charge in [-0.3, -0.25) is 4.79 Å². The molecule has 0 saturated carbocycles. The highest BCUT2D eigenvalue weighted by Crippen LogP contribution is 2.36. The number of anilines is 1. The molecule has 9 heteroatoms. The zero-order chi connectivity index (χ0) is 22.0. The molecule has 31 heavy (non-hydrogen) atoms. The van der Waals surface area contributed by atoms with Gasteiger partial charge in [0.05, 0.1) is 31.8 Å². The zero-order valence-electron chi connectivity index (χ0n) is 17.4. The van der Waals surface area contributed by atoms with Gasteiger partial charge in [0.1, 0.15) is 5.75 Å². The minimum absolute atomic E-state index is 0.0336. The number of carbonyl (C=O) groups excluding carboxylic acids is 1. The molecular formula is C22H22ClN3O5. The molecule has 8 nitrogen and oxygen atoms in total. The summed E-state index contributed by atoms with van der Waals surface area (Å²) in [6.07, 6.45) is 0.276. The maximum atomic E-state index is 12.6. The Morgan fingerprint density at radius 1 is 1.13 bits per heavy atom. The van der Waals surface area contributed by atoms with Gasteiger partial charge in [-0.15, -0.1) is 0 Å². The Balaban J connectivity index is 1.53. The number of amides is 1. The Morgan fingerprint density at radius 2 is 1.90 bits per heavy atom. The van der Waals surface area contributed by atoms with E-state index in [0.717, 1.165) is 5.56 Å². The fraction of sp³-hybridized carbons (Fsp3) is 0.318. The average molecular weight is 444 g/mol. The lowest BCUT2D eigenvalue weighted by Gasteiger charge is -2.17. The smallest absolute Gasteiger partial charge is 0.232 e. The average Bonchev–Trinajstić information content (AvgIpc) is 3.41.